The Morgan fingerprint density at radius 2 is 1.68 bits per heavy atom. The Hall–Kier alpha value is -2.78. The lowest BCUT2D eigenvalue weighted by atomic mass is 10.1. The van der Waals surface area contributed by atoms with Gasteiger partial charge in [-0.1, -0.05) is 42.0 Å². The van der Waals surface area contributed by atoms with Crippen molar-refractivity contribution in [3.63, 3.8) is 0 Å². The molecule has 1 fully saturated rings. The fourth-order valence-electron chi connectivity index (χ4n) is 4.25. The predicted octanol–water partition coefficient (Wildman–Crippen LogP) is 5.80. The van der Waals surface area contributed by atoms with Crippen LogP contribution in [0.15, 0.2) is 60.7 Å². The van der Waals surface area contributed by atoms with Crippen LogP contribution in [0.1, 0.15) is 29.5 Å². The monoisotopic (exact) mass is 370 g/mol. The Bertz CT molecular complexity index is 1100. The minimum atomic E-state index is 0.585. The van der Waals surface area contributed by atoms with Gasteiger partial charge in [-0.25, -0.2) is 0 Å². The van der Waals surface area contributed by atoms with Crippen LogP contribution in [-0.2, 0) is 13.2 Å². The number of likely N-dealkylation sites (tertiary alicyclic amines) is 1. The molecule has 0 bridgehead atoms. The molecule has 1 aliphatic heterocycles. The van der Waals surface area contributed by atoms with E-state index in [0.29, 0.717) is 6.61 Å². The summed E-state index contributed by atoms with van der Waals surface area (Å²) in [6.07, 6.45) is 2.68. The van der Waals surface area contributed by atoms with Crippen molar-refractivity contribution in [2.24, 2.45) is 0 Å². The largest absolute Gasteiger partial charge is 0.488 e. The van der Waals surface area contributed by atoms with E-state index in [1.807, 2.05) is 0 Å². The van der Waals surface area contributed by atoms with Crippen molar-refractivity contribution in [2.45, 2.75) is 32.9 Å². The maximum absolute atomic E-state index is 6.25. The Labute approximate surface area is 165 Å². The van der Waals surface area contributed by atoms with Crippen molar-refractivity contribution in [1.82, 2.24) is 9.88 Å². The first-order valence-electron chi connectivity index (χ1n) is 10.2. The normalized spacial score (nSPS) is 14.9. The first kappa shape index (κ1) is 17.3. The van der Waals surface area contributed by atoms with Crippen molar-refractivity contribution in [2.75, 3.05) is 13.1 Å². The maximum atomic E-state index is 6.25. The third-order valence-electron chi connectivity index (χ3n) is 5.76. The molecule has 0 radical (unpaired) electrons. The highest BCUT2D eigenvalue weighted by molar-refractivity contribution is 6.10. The number of H-pyrrole nitrogens is 1. The lowest BCUT2D eigenvalue weighted by molar-refractivity contribution is 0.310. The average Bonchev–Trinajstić information content (AvgIpc) is 3.35. The summed E-state index contributed by atoms with van der Waals surface area (Å²) in [4.78, 5) is 6.03. The Morgan fingerprint density at radius 3 is 2.50 bits per heavy atom. The average molecular weight is 370 g/mol. The van der Waals surface area contributed by atoms with Crippen molar-refractivity contribution in [1.29, 1.82) is 0 Å². The highest BCUT2D eigenvalue weighted by Gasteiger charge is 2.12. The number of rotatable bonds is 5. The first-order valence-corrected chi connectivity index (χ1v) is 10.2. The minimum Gasteiger partial charge on any atom is -0.488 e. The smallest absolute Gasteiger partial charge is 0.129 e. The van der Waals surface area contributed by atoms with Crippen LogP contribution in [0.4, 0.5) is 0 Å². The molecule has 0 amide bonds. The van der Waals surface area contributed by atoms with Gasteiger partial charge < -0.3 is 9.72 Å². The molecule has 3 nitrogen and oxygen atoms in total. The first-order chi connectivity index (χ1) is 13.8. The molecule has 1 saturated heterocycles. The summed E-state index contributed by atoms with van der Waals surface area (Å²) in [5, 5.41) is 2.40. The summed E-state index contributed by atoms with van der Waals surface area (Å²) in [5.41, 5.74) is 6.14. The quantitative estimate of drug-likeness (QED) is 0.480. The van der Waals surface area contributed by atoms with Crippen LogP contribution >= 0.6 is 0 Å². The van der Waals surface area contributed by atoms with Gasteiger partial charge in [0, 0.05) is 22.8 Å². The fraction of sp³-hybridized carbons (Fsp3) is 0.280. The zero-order valence-corrected chi connectivity index (χ0v) is 16.4. The van der Waals surface area contributed by atoms with E-state index in [0.717, 1.165) is 23.3 Å². The van der Waals surface area contributed by atoms with Gasteiger partial charge >= 0.3 is 0 Å². The van der Waals surface area contributed by atoms with E-state index in [1.54, 1.807) is 0 Å². The summed E-state index contributed by atoms with van der Waals surface area (Å²) >= 11 is 0. The van der Waals surface area contributed by atoms with Gasteiger partial charge in [0.1, 0.15) is 12.4 Å². The number of nitrogens with zero attached hydrogens (tertiary/aromatic N) is 1. The molecule has 0 aliphatic carbocycles. The molecular weight excluding hydrogens is 344 g/mol. The number of hydrogen-bond acceptors (Lipinski definition) is 2. The van der Waals surface area contributed by atoms with E-state index < -0.39 is 0 Å². The molecule has 5 rings (SSSR count). The van der Waals surface area contributed by atoms with Gasteiger partial charge in [0.25, 0.3) is 0 Å². The standard InChI is InChI=1S/C25H26N2O/c1-18-7-12-22-21(15-18)25-23(26-22)5-4-6-24(25)28-17-20-10-8-19(9-11-20)16-27-13-2-3-14-27/h4-12,15,26H,2-3,13-14,16-17H2,1H3. The maximum Gasteiger partial charge on any atom is 0.129 e. The van der Waals surface area contributed by atoms with Gasteiger partial charge in [-0.3, -0.25) is 4.90 Å². The Kier molecular flexibility index (Phi) is 4.53. The van der Waals surface area contributed by atoms with Crippen molar-refractivity contribution in [3.8, 4) is 5.75 Å². The van der Waals surface area contributed by atoms with E-state index >= 15 is 0 Å². The molecule has 142 valence electrons. The molecule has 3 aromatic carbocycles. The molecule has 0 spiro atoms. The molecule has 4 aromatic rings. The summed E-state index contributed by atoms with van der Waals surface area (Å²) in [7, 11) is 0. The van der Waals surface area contributed by atoms with Crippen LogP contribution in [0, 0.1) is 6.92 Å². The number of aryl methyl sites for hydroxylation is 1. The van der Waals surface area contributed by atoms with Gasteiger partial charge in [-0.05, 0) is 68.2 Å². The van der Waals surface area contributed by atoms with E-state index in [-0.39, 0.29) is 0 Å². The fourth-order valence-corrected chi connectivity index (χ4v) is 4.25. The van der Waals surface area contributed by atoms with E-state index in [1.165, 1.54) is 53.4 Å². The third-order valence-corrected chi connectivity index (χ3v) is 5.76. The molecule has 2 heterocycles. The minimum absolute atomic E-state index is 0.585. The Balaban J connectivity index is 1.35. The predicted molar refractivity (Wildman–Crippen MR) is 116 cm³/mol. The summed E-state index contributed by atoms with van der Waals surface area (Å²) in [6.45, 7) is 6.25. The number of fused-ring (bicyclic) bond motifs is 3. The second-order valence-electron chi connectivity index (χ2n) is 7.94. The van der Waals surface area contributed by atoms with Crippen molar-refractivity contribution >= 4 is 21.8 Å². The van der Waals surface area contributed by atoms with Crippen LogP contribution < -0.4 is 4.74 Å². The summed E-state index contributed by atoms with van der Waals surface area (Å²) < 4.78 is 6.25. The highest BCUT2D eigenvalue weighted by atomic mass is 16.5. The summed E-state index contributed by atoms with van der Waals surface area (Å²) in [6, 6.07) is 21.6. The van der Waals surface area contributed by atoms with Crippen LogP contribution in [0.25, 0.3) is 21.8 Å². The molecule has 1 aromatic heterocycles. The lowest BCUT2D eigenvalue weighted by Crippen LogP contribution is -2.18. The second-order valence-corrected chi connectivity index (χ2v) is 7.94. The molecule has 28 heavy (non-hydrogen) atoms. The highest BCUT2D eigenvalue weighted by Crippen LogP contribution is 2.34. The van der Waals surface area contributed by atoms with Crippen molar-refractivity contribution in [3.05, 3.63) is 77.4 Å². The second kappa shape index (κ2) is 7.33. The Morgan fingerprint density at radius 1 is 0.893 bits per heavy atom. The van der Waals surface area contributed by atoms with Gasteiger partial charge in [0.05, 0.1) is 5.52 Å². The SMILES string of the molecule is Cc1ccc2[nH]c3cccc(OCc4ccc(CN5CCCC5)cc4)c3c2c1. The van der Waals surface area contributed by atoms with Crippen LogP contribution in [-0.4, -0.2) is 23.0 Å². The van der Waals surface area contributed by atoms with Gasteiger partial charge in [0.2, 0.25) is 0 Å². The number of nitrogens with one attached hydrogen (secondary N) is 1. The number of hydrogen-bond donors (Lipinski definition) is 1. The topological polar surface area (TPSA) is 28.3 Å². The molecule has 0 atom stereocenters. The summed E-state index contributed by atoms with van der Waals surface area (Å²) in [5.74, 6) is 0.940. The number of ether oxygens (including phenoxy) is 1. The lowest BCUT2D eigenvalue weighted by Gasteiger charge is -2.15. The number of aromatic amines is 1. The van der Waals surface area contributed by atoms with Crippen molar-refractivity contribution < 1.29 is 4.74 Å². The molecule has 1 N–H and O–H groups in total. The molecule has 0 saturated carbocycles. The van der Waals surface area contributed by atoms with E-state index in [2.05, 4.69) is 77.5 Å². The zero-order valence-electron chi connectivity index (χ0n) is 16.4. The van der Waals surface area contributed by atoms with Crippen LogP contribution in [0.2, 0.25) is 0 Å². The third kappa shape index (κ3) is 3.38. The van der Waals surface area contributed by atoms with Gasteiger partial charge in [-0.2, -0.15) is 0 Å². The van der Waals surface area contributed by atoms with Gasteiger partial charge in [0.15, 0.2) is 0 Å². The number of benzene rings is 3. The van der Waals surface area contributed by atoms with Gasteiger partial charge in [-0.15, -0.1) is 0 Å². The van der Waals surface area contributed by atoms with Crippen LogP contribution in [0.3, 0.4) is 0 Å². The number of aromatic nitrogens is 1. The van der Waals surface area contributed by atoms with E-state index in [9.17, 15) is 0 Å². The molecule has 3 heteroatoms. The zero-order chi connectivity index (χ0) is 18.9. The van der Waals surface area contributed by atoms with E-state index in [4.69, 9.17) is 4.74 Å². The molecular formula is C25H26N2O. The molecule has 1 aliphatic rings. The van der Waals surface area contributed by atoms with Crippen LogP contribution in [0.5, 0.6) is 5.75 Å². The molecule has 0 unspecified atom stereocenters.